The molecular weight excluding hydrogens is 216 g/mol. The summed E-state index contributed by atoms with van der Waals surface area (Å²) in [5.41, 5.74) is 0. The van der Waals surface area contributed by atoms with E-state index in [0.29, 0.717) is 5.75 Å². The third kappa shape index (κ3) is 14.0. The Balaban J connectivity index is 2.85. The molecule has 0 aromatic heterocycles. The zero-order chi connectivity index (χ0) is 11.9. The van der Waals surface area contributed by atoms with Gasteiger partial charge in [0.25, 0.3) is 0 Å². The van der Waals surface area contributed by atoms with Crippen LogP contribution in [0.25, 0.3) is 0 Å². The van der Waals surface area contributed by atoms with Crippen molar-refractivity contribution in [1.29, 1.82) is 0 Å². The van der Waals surface area contributed by atoms with Gasteiger partial charge in [0.15, 0.2) is 0 Å². The van der Waals surface area contributed by atoms with Gasteiger partial charge in [-0.2, -0.15) is 11.8 Å². The van der Waals surface area contributed by atoms with Gasteiger partial charge in [0.05, 0.1) is 5.75 Å². The van der Waals surface area contributed by atoms with E-state index in [-0.39, 0.29) is 0 Å². The smallest absolute Gasteiger partial charge is 0.209 e. The van der Waals surface area contributed by atoms with E-state index in [2.05, 4.69) is 6.92 Å². The largest absolute Gasteiger partial charge is 0.290 e. The average Bonchev–Trinajstić information content (AvgIpc) is 2.31. The Morgan fingerprint density at radius 1 is 0.812 bits per heavy atom. The van der Waals surface area contributed by atoms with Crippen molar-refractivity contribution in [3.8, 4) is 0 Å². The molecule has 0 spiro atoms. The Morgan fingerprint density at radius 2 is 1.31 bits per heavy atom. The Morgan fingerprint density at radius 3 is 1.81 bits per heavy atom. The van der Waals surface area contributed by atoms with E-state index >= 15 is 0 Å². The zero-order valence-electron chi connectivity index (χ0n) is 10.8. The molecule has 0 bridgehead atoms. The molecule has 0 unspecified atom stereocenters. The first-order chi connectivity index (χ1) is 7.91. The van der Waals surface area contributed by atoms with Gasteiger partial charge in [-0.05, 0) is 12.2 Å². The molecule has 0 fully saturated rings. The fourth-order valence-electron chi connectivity index (χ4n) is 1.81. The number of rotatable bonds is 13. The SMILES string of the molecule is CCCCCCCCCCCCSC[C]=O. The van der Waals surface area contributed by atoms with Gasteiger partial charge in [-0.15, -0.1) is 0 Å². The van der Waals surface area contributed by atoms with E-state index in [9.17, 15) is 4.79 Å². The minimum atomic E-state index is 0.553. The second-order valence-corrected chi connectivity index (χ2v) is 5.48. The summed E-state index contributed by atoms with van der Waals surface area (Å²) in [4.78, 5) is 9.94. The predicted molar refractivity (Wildman–Crippen MR) is 74.9 cm³/mol. The van der Waals surface area contributed by atoms with Gasteiger partial charge in [-0.1, -0.05) is 64.7 Å². The average molecular weight is 243 g/mol. The van der Waals surface area contributed by atoms with Crippen LogP contribution in [0.5, 0.6) is 0 Å². The molecule has 0 saturated heterocycles. The molecule has 16 heavy (non-hydrogen) atoms. The lowest BCUT2D eigenvalue weighted by molar-refractivity contribution is 0.560. The number of carbonyl (C=O) groups excluding carboxylic acids is 1. The monoisotopic (exact) mass is 243 g/mol. The molecular formula is C14H27OS. The van der Waals surface area contributed by atoms with Crippen LogP contribution in [0.4, 0.5) is 0 Å². The fraction of sp³-hybridized carbons (Fsp3) is 0.929. The summed E-state index contributed by atoms with van der Waals surface area (Å²) >= 11 is 1.71. The minimum absolute atomic E-state index is 0.553. The lowest BCUT2D eigenvalue weighted by atomic mass is 10.1. The quantitative estimate of drug-likeness (QED) is 0.434. The van der Waals surface area contributed by atoms with Crippen LogP contribution >= 0.6 is 11.8 Å². The van der Waals surface area contributed by atoms with E-state index in [0.717, 1.165) is 5.75 Å². The molecule has 95 valence electrons. The Kier molecular flexibility index (Phi) is 15.0. The molecule has 0 aliphatic carbocycles. The van der Waals surface area contributed by atoms with Crippen LogP contribution in [0.2, 0.25) is 0 Å². The van der Waals surface area contributed by atoms with Gasteiger partial charge in [0.1, 0.15) is 0 Å². The molecule has 0 heterocycles. The summed E-state index contributed by atoms with van der Waals surface area (Å²) in [6.45, 7) is 2.26. The van der Waals surface area contributed by atoms with Gasteiger partial charge in [-0.3, -0.25) is 4.79 Å². The molecule has 0 N–H and O–H groups in total. The summed E-state index contributed by atoms with van der Waals surface area (Å²) in [6, 6.07) is 0. The first-order valence-corrected chi connectivity index (χ1v) is 8.00. The molecule has 0 rings (SSSR count). The highest BCUT2D eigenvalue weighted by atomic mass is 32.2. The van der Waals surface area contributed by atoms with E-state index in [4.69, 9.17) is 0 Å². The van der Waals surface area contributed by atoms with Crippen LogP contribution in [-0.2, 0) is 4.79 Å². The van der Waals surface area contributed by atoms with Gasteiger partial charge in [0, 0.05) is 0 Å². The van der Waals surface area contributed by atoms with Crippen molar-refractivity contribution in [2.24, 2.45) is 0 Å². The van der Waals surface area contributed by atoms with Gasteiger partial charge in [-0.25, -0.2) is 0 Å². The molecule has 2 heteroatoms. The van der Waals surface area contributed by atoms with Gasteiger partial charge >= 0.3 is 0 Å². The highest BCUT2D eigenvalue weighted by Crippen LogP contribution is 2.11. The maximum Gasteiger partial charge on any atom is 0.209 e. The molecule has 0 atom stereocenters. The van der Waals surface area contributed by atoms with Crippen LogP contribution < -0.4 is 0 Å². The number of thioether (sulfide) groups is 1. The standard InChI is InChI=1S/C14H27OS/c1-2-3-4-5-6-7-8-9-10-11-13-16-14-12-15/h2-11,13-14H2,1H3. The number of hydrogen-bond acceptors (Lipinski definition) is 2. The van der Waals surface area contributed by atoms with Gasteiger partial charge in [0.2, 0.25) is 6.29 Å². The second kappa shape index (κ2) is 15.0. The number of hydrogen-bond donors (Lipinski definition) is 0. The fourth-order valence-corrected chi connectivity index (χ4v) is 2.44. The predicted octanol–water partition coefficient (Wildman–Crippen LogP) is 4.75. The first kappa shape index (κ1) is 16.0. The Bertz CT molecular complexity index is 137. The molecule has 0 saturated carbocycles. The molecule has 0 amide bonds. The van der Waals surface area contributed by atoms with Crippen molar-refractivity contribution in [1.82, 2.24) is 0 Å². The van der Waals surface area contributed by atoms with E-state index in [1.165, 1.54) is 64.2 Å². The van der Waals surface area contributed by atoms with Crippen molar-refractivity contribution < 1.29 is 4.79 Å². The van der Waals surface area contributed by atoms with E-state index in [1.54, 1.807) is 11.8 Å². The maximum absolute atomic E-state index is 9.94. The summed E-state index contributed by atoms with van der Waals surface area (Å²) in [5, 5.41) is 0. The van der Waals surface area contributed by atoms with Gasteiger partial charge < -0.3 is 0 Å². The molecule has 1 nitrogen and oxygen atoms in total. The maximum atomic E-state index is 9.94. The van der Waals surface area contributed by atoms with Crippen molar-refractivity contribution in [2.75, 3.05) is 11.5 Å². The summed E-state index contributed by atoms with van der Waals surface area (Å²) in [7, 11) is 0. The number of unbranched alkanes of at least 4 members (excludes halogenated alkanes) is 9. The Labute approximate surface area is 106 Å². The van der Waals surface area contributed by atoms with Crippen LogP contribution in [0.1, 0.15) is 71.1 Å². The van der Waals surface area contributed by atoms with E-state index < -0.39 is 0 Å². The van der Waals surface area contributed by atoms with E-state index in [1.807, 2.05) is 6.29 Å². The molecule has 0 aliphatic heterocycles. The normalized spacial score (nSPS) is 10.6. The van der Waals surface area contributed by atoms with Crippen molar-refractivity contribution in [3.63, 3.8) is 0 Å². The van der Waals surface area contributed by atoms with Crippen molar-refractivity contribution >= 4 is 18.0 Å². The van der Waals surface area contributed by atoms with Crippen LogP contribution in [-0.4, -0.2) is 17.8 Å². The highest BCUT2D eigenvalue weighted by molar-refractivity contribution is 7.99. The lowest BCUT2D eigenvalue weighted by Gasteiger charge is -2.01. The van der Waals surface area contributed by atoms with Crippen LogP contribution in [0.15, 0.2) is 0 Å². The van der Waals surface area contributed by atoms with Crippen molar-refractivity contribution in [3.05, 3.63) is 0 Å². The Hall–Kier alpha value is 0.0200. The zero-order valence-corrected chi connectivity index (χ0v) is 11.6. The summed E-state index contributed by atoms with van der Waals surface area (Å²) in [6.07, 6.45) is 15.7. The summed E-state index contributed by atoms with van der Waals surface area (Å²) < 4.78 is 0. The molecule has 0 aromatic carbocycles. The molecule has 0 aliphatic rings. The van der Waals surface area contributed by atoms with Crippen LogP contribution in [0, 0.1) is 0 Å². The van der Waals surface area contributed by atoms with Crippen molar-refractivity contribution in [2.45, 2.75) is 71.1 Å². The topological polar surface area (TPSA) is 17.1 Å². The van der Waals surface area contributed by atoms with Crippen LogP contribution in [0.3, 0.4) is 0 Å². The second-order valence-electron chi connectivity index (χ2n) is 4.38. The third-order valence-corrected chi connectivity index (χ3v) is 3.70. The molecule has 1 radical (unpaired) electrons. The third-order valence-electron chi connectivity index (χ3n) is 2.80. The minimum Gasteiger partial charge on any atom is -0.290 e. The molecule has 0 aromatic rings. The first-order valence-electron chi connectivity index (χ1n) is 6.84. The lowest BCUT2D eigenvalue weighted by Crippen LogP contribution is -1.85. The summed E-state index contributed by atoms with van der Waals surface area (Å²) in [5.74, 6) is 1.68. The highest BCUT2D eigenvalue weighted by Gasteiger charge is 1.93.